The first-order valence-electron chi connectivity index (χ1n) is 5.61. The van der Waals surface area contributed by atoms with Gasteiger partial charge in [0.25, 0.3) is 0 Å². The predicted molar refractivity (Wildman–Crippen MR) is 70.0 cm³/mol. The summed E-state index contributed by atoms with van der Waals surface area (Å²) >= 11 is 0. The summed E-state index contributed by atoms with van der Waals surface area (Å²) in [5.41, 5.74) is 0.0258. The normalized spacial score (nSPS) is 13.1. The zero-order valence-corrected chi connectivity index (χ0v) is 11.0. The van der Waals surface area contributed by atoms with Crippen LogP contribution >= 0.6 is 0 Å². The van der Waals surface area contributed by atoms with E-state index in [1.807, 2.05) is 0 Å². The van der Waals surface area contributed by atoms with E-state index < -0.39 is 21.5 Å². The molecule has 19 heavy (non-hydrogen) atoms. The van der Waals surface area contributed by atoms with E-state index >= 15 is 0 Å². The Kier molecular flexibility index (Phi) is 3.77. The summed E-state index contributed by atoms with van der Waals surface area (Å²) in [6.07, 6.45) is 4.12. The second-order valence-electron chi connectivity index (χ2n) is 3.97. The Balaban J connectivity index is 2.28. The second-order valence-corrected chi connectivity index (χ2v) is 5.65. The van der Waals surface area contributed by atoms with Gasteiger partial charge in [-0.3, -0.25) is 9.78 Å². The number of nitrogens with zero attached hydrogens (tertiary/aromatic N) is 1. The van der Waals surface area contributed by atoms with Crippen molar-refractivity contribution in [2.24, 2.45) is 0 Å². The summed E-state index contributed by atoms with van der Waals surface area (Å²) in [4.78, 5) is 17.9. The van der Waals surface area contributed by atoms with Gasteiger partial charge in [-0.25, -0.2) is 13.1 Å². The number of rotatable bonds is 4. The highest BCUT2D eigenvalue weighted by molar-refractivity contribution is 7.89. The van der Waals surface area contributed by atoms with Crippen LogP contribution in [0.5, 0.6) is 0 Å². The molecule has 100 valence electrons. The summed E-state index contributed by atoms with van der Waals surface area (Å²) < 4.78 is 26.6. The Morgan fingerprint density at radius 1 is 1.32 bits per heavy atom. The Morgan fingerprint density at radius 2 is 2.11 bits per heavy atom. The molecule has 0 bridgehead atoms. The lowest BCUT2D eigenvalue weighted by Gasteiger charge is -2.13. The molecule has 1 atom stereocenters. The smallest absolute Gasteiger partial charge is 0.246 e. The number of aromatic nitrogens is 2. The highest BCUT2D eigenvalue weighted by Crippen LogP contribution is 2.12. The first kappa shape index (κ1) is 13.4. The Hall–Kier alpha value is -1.99. The van der Waals surface area contributed by atoms with E-state index in [1.54, 1.807) is 31.3 Å². The van der Waals surface area contributed by atoms with Gasteiger partial charge in [-0.1, -0.05) is 6.07 Å². The fourth-order valence-electron chi connectivity index (χ4n) is 1.60. The van der Waals surface area contributed by atoms with Crippen LogP contribution in [0, 0.1) is 0 Å². The van der Waals surface area contributed by atoms with Crippen molar-refractivity contribution in [3.05, 3.63) is 58.8 Å². The topological polar surface area (TPSA) is 91.9 Å². The summed E-state index contributed by atoms with van der Waals surface area (Å²) in [5.74, 6) is 0. The highest BCUT2D eigenvalue weighted by Gasteiger charge is 2.21. The van der Waals surface area contributed by atoms with Crippen LogP contribution in [-0.4, -0.2) is 18.4 Å². The van der Waals surface area contributed by atoms with Crippen molar-refractivity contribution >= 4 is 10.0 Å². The van der Waals surface area contributed by atoms with Gasteiger partial charge in [0.15, 0.2) is 0 Å². The van der Waals surface area contributed by atoms with Gasteiger partial charge in [-0.05, 0) is 19.1 Å². The first-order chi connectivity index (χ1) is 9.00. The monoisotopic (exact) mass is 279 g/mol. The maximum atomic E-state index is 12.1. The van der Waals surface area contributed by atoms with Crippen LogP contribution in [0.4, 0.5) is 0 Å². The second kappa shape index (κ2) is 5.33. The number of aromatic amines is 1. The van der Waals surface area contributed by atoms with E-state index in [9.17, 15) is 13.2 Å². The minimum Gasteiger partial charge on any atom is -0.366 e. The minimum absolute atomic E-state index is 0.308. The fraction of sp³-hybridized carbons (Fsp3) is 0.167. The lowest BCUT2D eigenvalue weighted by molar-refractivity contribution is 0.563. The van der Waals surface area contributed by atoms with Crippen LogP contribution in [0.15, 0.2) is 52.5 Å². The van der Waals surface area contributed by atoms with Crippen LogP contribution in [0.3, 0.4) is 0 Å². The summed E-state index contributed by atoms with van der Waals surface area (Å²) in [7, 11) is -3.87. The standard InChI is InChI=1S/C12H13N3O3S/c1-9(10-4-2-3-6-14-10)15-19(17,18)12-8-13-7-5-11(12)16/h2-9,15H,1H3,(H,13,16). The number of nitrogens with one attached hydrogen (secondary N) is 2. The van der Waals surface area contributed by atoms with Crippen LogP contribution in [0.2, 0.25) is 0 Å². The fourth-order valence-corrected chi connectivity index (χ4v) is 2.87. The molecule has 0 aliphatic carbocycles. The Bertz CT molecular complexity index is 710. The van der Waals surface area contributed by atoms with E-state index in [0.717, 1.165) is 6.20 Å². The minimum atomic E-state index is -3.87. The van der Waals surface area contributed by atoms with Gasteiger partial charge in [0.05, 0.1) is 11.7 Å². The van der Waals surface area contributed by atoms with Gasteiger partial charge in [0.1, 0.15) is 4.90 Å². The molecule has 2 N–H and O–H groups in total. The molecule has 0 radical (unpaired) electrons. The van der Waals surface area contributed by atoms with Gasteiger partial charge in [0, 0.05) is 24.7 Å². The van der Waals surface area contributed by atoms with Crippen molar-refractivity contribution in [2.45, 2.75) is 17.9 Å². The third kappa shape index (κ3) is 3.07. The molecule has 7 heteroatoms. The molecule has 2 heterocycles. The average Bonchev–Trinajstić information content (AvgIpc) is 2.39. The number of H-pyrrole nitrogens is 1. The van der Waals surface area contributed by atoms with Crippen molar-refractivity contribution in [1.29, 1.82) is 0 Å². The number of hydrogen-bond donors (Lipinski definition) is 2. The molecule has 0 saturated heterocycles. The third-order valence-electron chi connectivity index (χ3n) is 2.54. The zero-order valence-electron chi connectivity index (χ0n) is 10.2. The molecular weight excluding hydrogens is 266 g/mol. The first-order valence-corrected chi connectivity index (χ1v) is 7.09. The molecule has 0 saturated carbocycles. The van der Waals surface area contributed by atoms with Gasteiger partial charge >= 0.3 is 0 Å². The van der Waals surface area contributed by atoms with Crippen LogP contribution in [-0.2, 0) is 10.0 Å². The lowest BCUT2D eigenvalue weighted by atomic mass is 10.2. The molecule has 2 aromatic rings. The van der Waals surface area contributed by atoms with E-state index in [0.29, 0.717) is 5.69 Å². The summed E-state index contributed by atoms with van der Waals surface area (Å²) in [6, 6.07) is 5.86. The molecule has 0 aromatic carbocycles. The van der Waals surface area contributed by atoms with E-state index in [-0.39, 0.29) is 4.90 Å². The van der Waals surface area contributed by atoms with Crippen LogP contribution in [0.1, 0.15) is 18.7 Å². The van der Waals surface area contributed by atoms with E-state index in [2.05, 4.69) is 14.7 Å². The van der Waals surface area contributed by atoms with Crippen LogP contribution < -0.4 is 10.2 Å². The lowest BCUT2D eigenvalue weighted by Crippen LogP contribution is -2.30. The largest absolute Gasteiger partial charge is 0.366 e. The average molecular weight is 279 g/mol. The molecule has 1 unspecified atom stereocenters. The van der Waals surface area contributed by atoms with Gasteiger partial charge in [0.2, 0.25) is 15.5 Å². The number of sulfonamides is 1. The molecule has 0 aliphatic heterocycles. The molecule has 0 spiro atoms. The van der Waals surface area contributed by atoms with E-state index in [1.165, 1.54) is 12.3 Å². The maximum absolute atomic E-state index is 12.1. The van der Waals surface area contributed by atoms with Crippen molar-refractivity contribution in [3.8, 4) is 0 Å². The van der Waals surface area contributed by atoms with Crippen molar-refractivity contribution < 1.29 is 8.42 Å². The molecule has 2 rings (SSSR count). The van der Waals surface area contributed by atoms with Crippen molar-refractivity contribution in [1.82, 2.24) is 14.7 Å². The summed E-state index contributed by atoms with van der Waals surface area (Å²) in [5, 5.41) is 0. The summed E-state index contributed by atoms with van der Waals surface area (Å²) in [6.45, 7) is 1.66. The molecule has 6 nitrogen and oxygen atoms in total. The zero-order chi connectivity index (χ0) is 13.9. The van der Waals surface area contributed by atoms with Gasteiger partial charge < -0.3 is 4.98 Å². The molecule has 2 aromatic heterocycles. The number of hydrogen-bond acceptors (Lipinski definition) is 4. The van der Waals surface area contributed by atoms with Crippen molar-refractivity contribution in [3.63, 3.8) is 0 Å². The Morgan fingerprint density at radius 3 is 2.74 bits per heavy atom. The molecular formula is C12H13N3O3S. The Labute approximate surface area is 110 Å². The third-order valence-corrected chi connectivity index (χ3v) is 4.10. The van der Waals surface area contributed by atoms with Gasteiger partial charge in [-0.15, -0.1) is 0 Å². The van der Waals surface area contributed by atoms with Gasteiger partial charge in [-0.2, -0.15) is 0 Å². The van der Waals surface area contributed by atoms with Crippen LogP contribution in [0.25, 0.3) is 0 Å². The molecule has 0 aliphatic rings. The predicted octanol–water partition coefficient (Wildman–Crippen LogP) is 0.809. The number of pyridine rings is 2. The quantitative estimate of drug-likeness (QED) is 0.866. The SMILES string of the molecule is CC(NS(=O)(=O)c1c[nH]ccc1=O)c1ccccn1. The van der Waals surface area contributed by atoms with Crippen molar-refractivity contribution in [2.75, 3.05) is 0 Å². The molecule has 0 fully saturated rings. The maximum Gasteiger partial charge on any atom is 0.246 e. The molecule has 0 amide bonds. The van der Waals surface area contributed by atoms with E-state index in [4.69, 9.17) is 0 Å². The highest BCUT2D eigenvalue weighted by atomic mass is 32.2.